The largest absolute Gasteiger partial charge is 0.481 e. The fraction of sp³-hybridized carbons (Fsp3) is 0.950. The summed E-state index contributed by atoms with van der Waals surface area (Å²) in [5.74, 6) is -0.561. The van der Waals surface area contributed by atoms with Crippen molar-refractivity contribution in [1.82, 2.24) is 0 Å². The molecule has 0 aromatic rings. The van der Waals surface area contributed by atoms with Crippen LogP contribution in [0, 0.1) is 5.41 Å². The predicted molar refractivity (Wildman–Crippen MR) is 96.3 cm³/mol. The third kappa shape index (κ3) is 9.48. The Kier molecular flexibility index (Phi) is 13.7. The highest BCUT2D eigenvalue weighted by molar-refractivity contribution is 5.74. The summed E-state index contributed by atoms with van der Waals surface area (Å²) >= 11 is 0. The van der Waals surface area contributed by atoms with E-state index < -0.39 is 11.4 Å². The minimum Gasteiger partial charge on any atom is -0.481 e. The van der Waals surface area contributed by atoms with Gasteiger partial charge in [-0.1, -0.05) is 97.8 Å². The molecule has 0 radical (unpaired) electrons. The number of unbranched alkanes of at least 4 members (excludes halogenated alkanes) is 10. The van der Waals surface area contributed by atoms with Gasteiger partial charge in [0.05, 0.1) is 5.41 Å². The Morgan fingerprint density at radius 1 is 0.682 bits per heavy atom. The van der Waals surface area contributed by atoms with Gasteiger partial charge in [0, 0.05) is 0 Å². The molecule has 0 saturated carbocycles. The molecule has 0 aromatic heterocycles. The van der Waals surface area contributed by atoms with Gasteiger partial charge >= 0.3 is 5.97 Å². The maximum Gasteiger partial charge on any atom is 0.309 e. The lowest BCUT2D eigenvalue weighted by atomic mass is 9.76. The monoisotopic (exact) mass is 312 g/mol. The second-order valence-corrected chi connectivity index (χ2v) is 6.97. The van der Waals surface area contributed by atoms with Crippen molar-refractivity contribution in [3.05, 3.63) is 0 Å². The van der Waals surface area contributed by atoms with Gasteiger partial charge in [-0.25, -0.2) is 0 Å². The van der Waals surface area contributed by atoms with E-state index in [2.05, 4.69) is 20.8 Å². The highest BCUT2D eigenvalue weighted by atomic mass is 16.4. The van der Waals surface area contributed by atoms with Crippen LogP contribution in [0.15, 0.2) is 0 Å². The molecular weight excluding hydrogens is 272 g/mol. The summed E-state index contributed by atoms with van der Waals surface area (Å²) in [6, 6.07) is 0. The van der Waals surface area contributed by atoms with Crippen LogP contribution in [0.1, 0.15) is 117 Å². The summed E-state index contributed by atoms with van der Waals surface area (Å²) < 4.78 is 0. The summed E-state index contributed by atoms with van der Waals surface area (Å²) in [5, 5.41) is 9.68. The maximum atomic E-state index is 11.8. The summed E-state index contributed by atoms with van der Waals surface area (Å²) in [5.41, 5.74) is -0.448. The van der Waals surface area contributed by atoms with Gasteiger partial charge in [-0.3, -0.25) is 4.79 Å². The van der Waals surface area contributed by atoms with Crippen LogP contribution >= 0.6 is 0 Å². The van der Waals surface area contributed by atoms with Crippen molar-refractivity contribution in [2.75, 3.05) is 0 Å². The van der Waals surface area contributed by atoms with Crippen LogP contribution in [-0.2, 0) is 4.79 Å². The van der Waals surface area contributed by atoms with Crippen LogP contribution in [-0.4, -0.2) is 11.1 Å². The molecule has 0 bridgehead atoms. The Morgan fingerprint density at radius 2 is 1.05 bits per heavy atom. The van der Waals surface area contributed by atoms with Crippen LogP contribution in [0.4, 0.5) is 0 Å². The van der Waals surface area contributed by atoms with Crippen molar-refractivity contribution >= 4 is 5.97 Å². The number of aliphatic carboxylic acids is 1. The molecule has 0 aliphatic heterocycles. The van der Waals surface area contributed by atoms with Crippen molar-refractivity contribution in [3.63, 3.8) is 0 Å². The molecule has 0 rings (SSSR count). The van der Waals surface area contributed by atoms with E-state index in [0.717, 1.165) is 32.1 Å². The quantitative estimate of drug-likeness (QED) is 0.312. The molecule has 0 spiro atoms. The number of carboxylic acid groups (broad SMARTS) is 1. The summed E-state index contributed by atoms with van der Waals surface area (Å²) in [7, 11) is 0. The number of rotatable bonds is 16. The second-order valence-electron chi connectivity index (χ2n) is 6.97. The van der Waals surface area contributed by atoms with E-state index in [1.807, 2.05) is 0 Å². The molecule has 1 unspecified atom stereocenters. The average Bonchev–Trinajstić information content (AvgIpc) is 2.52. The van der Waals surface area contributed by atoms with Gasteiger partial charge in [-0.15, -0.1) is 0 Å². The smallest absolute Gasteiger partial charge is 0.309 e. The molecule has 2 heteroatoms. The van der Waals surface area contributed by atoms with Gasteiger partial charge < -0.3 is 5.11 Å². The number of carboxylic acids is 1. The highest BCUT2D eigenvalue weighted by Crippen LogP contribution is 2.35. The first kappa shape index (κ1) is 21.5. The molecule has 0 aromatic carbocycles. The molecule has 2 nitrogen and oxygen atoms in total. The van der Waals surface area contributed by atoms with Crippen LogP contribution < -0.4 is 0 Å². The van der Waals surface area contributed by atoms with Crippen molar-refractivity contribution in [2.45, 2.75) is 117 Å². The molecule has 0 fully saturated rings. The van der Waals surface area contributed by atoms with E-state index in [-0.39, 0.29) is 0 Å². The summed E-state index contributed by atoms with van der Waals surface area (Å²) in [6.45, 7) is 6.50. The number of hydrogen-bond acceptors (Lipinski definition) is 1. The number of carbonyl (C=O) groups is 1. The molecule has 22 heavy (non-hydrogen) atoms. The van der Waals surface area contributed by atoms with E-state index in [1.54, 1.807) is 0 Å². The third-order valence-electron chi connectivity index (χ3n) is 5.15. The highest BCUT2D eigenvalue weighted by Gasteiger charge is 2.35. The maximum absolute atomic E-state index is 11.8. The zero-order valence-electron chi connectivity index (χ0n) is 15.5. The molecule has 1 atom stereocenters. The fourth-order valence-corrected chi connectivity index (χ4v) is 3.33. The van der Waals surface area contributed by atoms with Crippen LogP contribution in [0.3, 0.4) is 0 Å². The fourth-order valence-electron chi connectivity index (χ4n) is 3.33. The third-order valence-corrected chi connectivity index (χ3v) is 5.15. The van der Waals surface area contributed by atoms with Gasteiger partial charge in [0.1, 0.15) is 0 Å². The summed E-state index contributed by atoms with van der Waals surface area (Å²) in [4.78, 5) is 11.8. The van der Waals surface area contributed by atoms with E-state index in [1.165, 1.54) is 64.2 Å². The standard InChI is InChI=1S/C20H40O2/c1-4-7-9-11-12-13-14-16-18-20(6-3,19(21)22)17-15-10-8-5-2/h4-18H2,1-3H3,(H,21,22). The molecule has 0 saturated heterocycles. The first-order valence-corrected chi connectivity index (χ1v) is 9.86. The average molecular weight is 313 g/mol. The van der Waals surface area contributed by atoms with E-state index in [9.17, 15) is 9.90 Å². The lowest BCUT2D eigenvalue weighted by Crippen LogP contribution is -2.30. The van der Waals surface area contributed by atoms with Gasteiger partial charge in [0.2, 0.25) is 0 Å². The Balaban J connectivity index is 3.96. The molecule has 1 N–H and O–H groups in total. The van der Waals surface area contributed by atoms with E-state index in [0.29, 0.717) is 0 Å². The Morgan fingerprint density at radius 3 is 1.41 bits per heavy atom. The van der Waals surface area contributed by atoms with E-state index >= 15 is 0 Å². The first-order chi connectivity index (χ1) is 10.6. The Labute approximate surface area is 139 Å². The van der Waals surface area contributed by atoms with E-state index in [4.69, 9.17) is 0 Å². The first-order valence-electron chi connectivity index (χ1n) is 9.86. The molecule has 0 aliphatic carbocycles. The molecule has 132 valence electrons. The minimum atomic E-state index is -0.561. The van der Waals surface area contributed by atoms with Crippen LogP contribution in [0.2, 0.25) is 0 Å². The van der Waals surface area contributed by atoms with Crippen LogP contribution in [0.5, 0.6) is 0 Å². The van der Waals surface area contributed by atoms with Crippen molar-refractivity contribution in [2.24, 2.45) is 5.41 Å². The van der Waals surface area contributed by atoms with Crippen molar-refractivity contribution < 1.29 is 9.90 Å². The molecule has 0 heterocycles. The van der Waals surface area contributed by atoms with Gasteiger partial charge in [-0.05, 0) is 19.3 Å². The van der Waals surface area contributed by atoms with Gasteiger partial charge in [-0.2, -0.15) is 0 Å². The minimum absolute atomic E-state index is 0.448. The topological polar surface area (TPSA) is 37.3 Å². The van der Waals surface area contributed by atoms with Crippen molar-refractivity contribution in [3.8, 4) is 0 Å². The molecule has 0 amide bonds. The Hall–Kier alpha value is -0.530. The van der Waals surface area contributed by atoms with Gasteiger partial charge in [0.25, 0.3) is 0 Å². The molecule has 0 aliphatic rings. The van der Waals surface area contributed by atoms with Crippen molar-refractivity contribution in [1.29, 1.82) is 0 Å². The zero-order chi connectivity index (χ0) is 16.7. The Bertz CT molecular complexity index is 262. The lowest BCUT2D eigenvalue weighted by Gasteiger charge is -2.28. The lowest BCUT2D eigenvalue weighted by molar-refractivity contribution is -0.150. The second kappa shape index (κ2) is 14.1. The van der Waals surface area contributed by atoms with Crippen LogP contribution in [0.25, 0.3) is 0 Å². The SMILES string of the molecule is CCCCCCCCCCC(CC)(CCCCCC)C(=O)O. The predicted octanol–water partition coefficient (Wildman–Crippen LogP) is 6.97. The number of hydrogen-bond donors (Lipinski definition) is 1. The summed E-state index contributed by atoms with van der Waals surface area (Å²) in [6.07, 6.45) is 17.5. The normalized spacial score (nSPS) is 14.0. The van der Waals surface area contributed by atoms with Gasteiger partial charge in [0.15, 0.2) is 0 Å². The zero-order valence-corrected chi connectivity index (χ0v) is 15.5. The molecular formula is C20H40O2.